The molecule has 40 heavy (non-hydrogen) atoms. The Labute approximate surface area is 241 Å². The maximum absolute atomic E-state index is 13.8. The van der Waals surface area contributed by atoms with Gasteiger partial charge in [-0.2, -0.15) is 0 Å². The average Bonchev–Trinajstić information content (AvgIpc) is 3.24. The van der Waals surface area contributed by atoms with E-state index in [4.69, 9.17) is 27.9 Å². The predicted molar refractivity (Wildman–Crippen MR) is 150 cm³/mol. The van der Waals surface area contributed by atoms with Crippen molar-refractivity contribution in [3.63, 3.8) is 0 Å². The molecule has 4 aliphatic rings. The lowest BCUT2D eigenvalue weighted by atomic mass is 9.54. The van der Waals surface area contributed by atoms with Gasteiger partial charge >= 0.3 is 5.97 Å². The van der Waals surface area contributed by atoms with Crippen molar-refractivity contribution in [2.45, 2.75) is 29.5 Å². The van der Waals surface area contributed by atoms with Gasteiger partial charge in [0.2, 0.25) is 17.7 Å². The van der Waals surface area contributed by atoms with Crippen LogP contribution in [0.4, 0.5) is 5.69 Å². The lowest BCUT2D eigenvalue weighted by molar-refractivity contribution is -0.140. The van der Waals surface area contributed by atoms with Gasteiger partial charge in [-0.3, -0.25) is 19.3 Å². The van der Waals surface area contributed by atoms with Gasteiger partial charge in [-0.25, -0.2) is 4.79 Å². The second kappa shape index (κ2) is 9.75. The molecular weight excluding hydrogens is 551 g/mol. The second-order valence-corrected chi connectivity index (χ2v) is 11.5. The van der Waals surface area contributed by atoms with Crippen molar-refractivity contribution in [2.75, 3.05) is 18.5 Å². The molecule has 0 spiro atoms. The normalized spacial score (nSPS) is 25.7. The molecule has 2 atom stereocenters. The smallest absolute Gasteiger partial charge is 0.338 e. The largest absolute Gasteiger partial charge is 0.462 e. The summed E-state index contributed by atoms with van der Waals surface area (Å²) in [5, 5.41) is 2.75. The molecule has 1 fully saturated rings. The minimum atomic E-state index is -1.25. The summed E-state index contributed by atoms with van der Waals surface area (Å²) in [5.41, 5.74) is 3.78. The van der Waals surface area contributed by atoms with Crippen LogP contribution in [-0.4, -0.2) is 41.7 Å². The van der Waals surface area contributed by atoms with E-state index in [9.17, 15) is 19.2 Å². The topological polar surface area (TPSA) is 92.8 Å². The second-order valence-electron chi connectivity index (χ2n) is 10.3. The van der Waals surface area contributed by atoms with Crippen molar-refractivity contribution in [1.82, 2.24) is 4.90 Å². The molecule has 3 aromatic carbocycles. The molecule has 9 heteroatoms. The van der Waals surface area contributed by atoms with E-state index in [0.29, 0.717) is 17.9 Å². The van der Waals surface area contributed by atoms with Crippen molar-refractivity contribution in [1.29, 1.82) is 0 Å². The third-order valence-electron chi connectivity index (χ3n) is 8.08. The Morgan fingerprint density at radius 1 is 0.825 bits per heavy atom. The number of hydrogen-bond acceptors (Lipinski definition) is 5. The van der Waals surface area contributed by atoms with Crippen LogP contribution in [0.25, 0.3) is 0 Å². The molecule has 1 aliphatic heterocycles. The summed E-state index contributed by atoms with van der Waals surface area (Å²) in [7, 11) is 0. The highest BCUT2D eigenvalue weighted by Gasteiger charge is 2.72. The minimum absolute atomic E-state index is 0.107. The van der Waals surface area contributed by atoms with Crippen LogP contribution >= 0.6 is 23.2 Å². The van der Waals surface area contributed by atoms with Crippen LogP contribution < -0.4 is 5.32 Å². The number of rotatable bonds is 7. The molecule has 1 N–H and O–H groups in total. The summed E-state index contributed by atoms with van der Waals surface area (Å²) in [6.45, 7) is 2.14. The number of carbonyl (C=O) groups is 4. The zero-order chi connectivity index (χ0) is 28.2. The van der Waals surface area contributed by atoms with Gasteiger partial charge in [-0.1, -0.05) is 55.5 Å². The monoisotopic (exact) mass is 576 g/mol. The van der Waals surface area contributed by atoms with E-state index < -0.39 is 39.4 Å². The number of anilines is 1. The van der Waals surface area contributed by atoms with Crippen LogP contribution in [0.5, 0.6) is 0 Å². The predicted octanol–water partition coefficient (Wildman–Crippen LogP) is 5.18. The number of nitrogens with zero attached hydrogens (tertiary/aromatic N) is 1. The number of nitrogens with one attached hydrogen (secondary N) is 1. The maximum atomic E-state index is 13.8. The molecule has 0 aromatic heterocycles. The van der Waals surface area contributed by atoms with E-state index in [-0.39, 0.29) is 18.9 Å². The van der Waals surface area contributed by atoms with Crippen LogP contribution in [0.15, 0.2) is 72.8 Å². The van der Waals surface area contributed by atoms with Gasteiger partial charge in [0.1, 0.15) is 9.75 Å². The Balaban J connectivity index is 1.22. The van der Waals surface area contributed by atoms with E-state index in [0.717, 1.165) is 33.6 Å². The van der Waals surface area contributed by atoms with Crippen molar-refractivity contribution in [3.05, 3.63) is 101 Å². The Hall–Kier alpha value is -3.68. The van der Waals surface area contributed by atoms with Crippen LogP contribution in [0, 0.1) is 11.8 Å². The summed E-state index contributed by atoms with van der Waals surface area (Å²) in [4.78, 5) is 51.1. The molecule has 7 rings (SSSR count). The minimum Gasteiger partial charge on any atom is -0.462 e. The van der Waals surface area contributed by atoms with Crippen molar-refractivity contribution in [2.24, 2.45) is 11.8 Å². The number of benzene rings is 3. The molecule has 1 saturated heterocycles. The van der Waals surface area contributed by atoms with E-state index in [1.165, 1.54) is 0 Å². The van der Waals surface area contributed by atoms with Crippen LogP contribution in [0.3, 0.4) is 0 Å². The van der Waals surface area contributed by atoms with E-state index in [2.05, 4.69) is 5.32 Å². The summed E-state index contributed by atoms with van der Waals surface area (Å²) in [5.74, 6) is -3.46. The van der Waals surface area contributed by atoms with E-state index in [1.807, 2.05) is 55.5 Å². The number of carbonyl (C=O) groups excluding carboxylic acids is 4. The van der Waals surface area contributed by atoms with Gasteiger partial charge in [0.05, 0.1) is 24.0 Å². The molecule has 2 bridgehead atoms. The molecule has 0 unspecified atom stereocenters. The van der Waals surface area contributed by atoms with Crippen molar-refractivity contribution >= 4 is 52.6 Å². The number of alkyl halides is 2. The quantitative estimate of drug-likeness (QED) is 0.238. The Morgan fingerprint density at radius 2 is 1.30 bits per heavy atom. The maximum Gasteiger partial charge on any atom is 0.338 e. The third kappa shape index (κ3) is 3.71. The first-order chi connectivity index (χ1) is 19.2. The molecule has 7 nitrogen and oxygen atoms in total. The number of hydrogen-bond donors (Lipinski definition) is 1. The fourth-order valence-electron chi connectivity index (χ4n) is 6.35. The number of esters is 1. The molecule has 3 amide bonds. The van der Waals surface area contributed by atoms with Crippen LogP contribution in [0.1, 0.15) is 52.4 Å². The Morgan fingerprint density at radius 3 is 1.75 bits per heavy atom. The van der Waals surface area contributed by atoms with Gasteiger partial charge in [0.25, 0.3) is 0 Å². The number of likely N-dealkylation sites (tertiary alicyclic amines) is 1. The Bertz CT molecular complexity index is 1430. The number of halogens is 2. The first kappa shape index (κ1) is 26.5. The average molecular weight is 577 g/mol. The highest BCUT2D eigenvalue weighted by Crippen LogP contribution is 2.69. The van der Waals surface area contributed by atoms with Crippen molar-refractivity contribution in [3.8, 4) is 0 Å². The van der Waals surface area contributed by atoms with Crippen LogP contribution in [-0.2, 0) is 28.9 Å². The number of ether oxygens (including phenoxy) is 1. The summed E-state index contributed by atoms with van der Waals surface area (Å²) < 4.78 is 5.11. The summed E-state index contributed by atoms with van der Waals surface area (Å²) in [6, 6.07) is 21.2. The van der Waals surface area contributed by atoms with Gasteiger partial charge in [-0.15, -0.1) is 23.2 Å². The Kier molecular flexibility index (Phi) is 6.47. The lowest BCUT2D eigenvalue weighted by Gasteiger charge is -2.54. The molecule has 0 radical (unpaired) electrons. The highest BCUT2D eigenvalue weighted by atomic mass is 35.5. The van der Waals surface area contributed by atoms with Crippen LogP contribution in [0.2, 0.25) is 0 Å². The van der Waals surface area contributed by atoms with E-state index >= 15 is 0 Å². The van der Waals surface area contributed by atoms with E-state index in [1.54, 1.807) is 24.3 Å². The first-order valence-corrected chi connectivity index (χ1v) is 14.0. The fraction of sp³-hybridized carbons (Fsp3) is 0.290. The molecule has 204 valence electrons. The number of imide groups is 1. The molecule has 3 aliphatic carbocycles. The fourth-order valence-corrected chi connectivity index (χ4v) is 7.45. The molecule has 1 heterocycles. The first-order valence-electron chi connectivity index (χ1n) is 13.2. The van der Waals surface area contributed by atoms with Gasteiger partial charge in [0.15, 0.2) is 0 Å². The summed E-state index contributed by atoms with van der Waals surface area (Å²) in [6.07, 6.45) is 0.614. The number of amides is 3. The highest BCUT2D eigenvalue weighted by molar-refractivity contribution is 6.36. The third-order valence-corrected chi connectivity index (χ3v) is 9.37. The molecular formula is C31H26Cl2N2O5. The molecule has 0 saturated carbocycles. The SMILES string of the molecule is CCCOC(=O)c1ccc(NC(=O)CCN2C(=O)[C@H]3[C@H](C2=O)C2(Cl)c4ccccc4C3(Cl)c3ccccc32)cc1. The lowest BCUT2D eigenvalue weighted by Crippen LogP contribution is -2.57. The molecule has 3 aromatic rings. The summed E-state index contributed by atoms with van der Waals surface area (Å²) >= 11 is 14.8. The van der Waals surface area contributed by atoms with Gasteiger partial charge in [-0.05, 0) is 52.9 Å². The zero-order valence-electron chi connectivity index (χ0n) is 21.7. The van der Waals surface area contributed by atoms with Gasteiger partial charge in [0, 0.05) is 18.7 Å². The standard InChI is InChI=1S/C31H26Cl2N2O5/c1-2-17-40-29(39)18-11-13-19(14-12-18)34-24(36)15-16-35-27(37)25-26(28(35)38)31(33)21-8-4-3-7-20(21)30(25,32)22-9-5-6-10-23(22)31/h3-14,25-26H,2,15-17H2,1H3,(H,34,36)/t25-,26-,30?,31?/m1/s1. The van der Waals surface area contributed by atoms with Crippen molar-refractivity contribution < 1.29 is 23.9 Å². The zero-order valence-corrected chi connectivity index (χ0v) is 23.2. The van der Waals surface area contributed by atoms with Gasteiger partial charge < -0.3 is 10.1 Å².